The topological polar surface area (TPSA) is 78.9 Å². The zero-order valence-corrected chi connectivity index (χ0v) is 38.7. The molecule has 0 aromatic rings. The van der Waals surface area contributed by atoms with Crippen molar-refractivity contribution in [3.63, 3.8) is 0 Å². The molecule has 0 radical (unpaired) electrons. The maximum atomic E-state index is 12.8. The summed E-state index contributed by atoms with van der Waals surface area (Å²) in [7, 11) is 0. The Hall–Kier alpha value is -3.67. The molecule has 0 aliphatic rings. The van der Waals surface area contributed by atoms with Crippen molar-refractivity contribution >= 4 is 17.9 Å². The van der Waals surface area contributed by atoms with Gasteiger partial charge < -0.3 is 14.2 Å². The van der Waals surface area contributed by atoms with Crippen LogP contribution in [-0.4, -0.2) is 37.2 Å². The lowest BCUT2D eigenvalue weighted by molar-refractivity contribution is -0.167. The Morgan fingerprint density at radius 1 is 0.350 bits per heavy atom. The van der Waals surface area contributed by atoms with Crippen LogP contribution in [0.4, 0.5) is 0 Å². The molecule has 0 N–H and O–H groups in total. The van der Waals surface area contributed by atoms with Crippen molar-refractivity contribution in [1.82, 2.24) is 0 Å². The van der Waals surface area contributed by atoms with E-state index in [9.17, 15) is 14.4 Å². The quantitative estimate of drug-likeness (QED) is 0.0264. The number of carbonyl (C=O) groups excluding carboxylic acids is 3. The van der Waals surface area contributed by atoms with E-state index in [0.717, 1.165) is 96.3 Å². The first kappa shape index (κ1) is 56.3. The van der Waals surface area contributed by atoms with Crippen LogP contribution in [0.3, 0.4) is 0 Å². The number of carbonyl (C=O) groups is 3. The van der Waals surface area contributed by atoms with Crippen LogP contribution in [0, 0.1) is 0 Å². The first-order valence-electron chi connectivity index (χ1n) is 24.2. The lowest BCUT2D eigenvalue weighted by Gasteiger charge is -2.18. The highest BCUT2D eigenvalue weighted by Gasteiger charge is 2.19. The van der Waals surface area contributed by atoms with Crippen LogP contribution < -0.4 is 0 Å². The fourth-order valence-electron chi connectivity index (χ4n) is 6.21. The molecule has 60 heavy (non-hydrogen) atoms. The Morgan fingerprint density at radius 3 is 1.12 bits per heavy atom. The van der Waals surface area contributed by atoms with Crippen molar-refractivity contribution in [2.45, 2.75) is 213 Å². The minimum Gasteiger partial charge on any atom is -0.462 e. The minimum atomic E-state index is -0.812. The van der Waals surface area contributed by atoms with Gasteiger partial charge in [0.15, 0.2) is 6.10 Å². The van der Waals surface area contributed by atoms with E-state index in [1.54, 1.807) is 0 Å². The van der Waals surface area contributed by atoms with Gasteiger partial charge in [-0.2, -0.15) is 0 Å². The number of esters is 3. The molecule has 0 heterocycles. The first-order valence-corrected chi connectivity index (χ1v) is 24.2. The van der Waals surface area contributed by atoms with Gasteiger partial charge in [-0.25, -0.2) is 0 Å². The third-order valence-corrected chi connectivity index (χ3v) is 9.80. The van der Waals surface area contributed by atoms with Gasteiger partial charge in [0.1, 0.15) is 13.2 Å². The van der Waals surface area contributed by atoms with Crippen molar-refractivity contribution in [3.05, 3.63) is 97.2 Å². The molecule has 1 unspecified atom stereocenters. The molecule has 0 saturated heterocycles. The van der Waals surface area contributed by atoms with Crippen LogP contribution in [0.25, 0.3) is 0 Å². The Kier molecular flexibility index (Phi) is 45.1. The molecular weight excluding hydrogens is 745 g/mol. The molecule has 0 fully saturated rings. The van der Waals surface area contributed by atoms with Crippen LogP contribution in [0.1, 0.15) is 207 Å². The molecule has 0 bridgehead atoms. The summed E-state index contributed by atoms with van der Waals surface area (Å²) in [6.07, 6.45) is 62.6. The zero-order valence-electron chi connectivity index (χ0n) is 38.7. The molecule has 0 rings (SSSR count). The van der Waals surface area contributed by atoms with Gasteiger partial charge in [-0.05, 0) is 109 Å². The SMILES string of the molecule is CC/C=C\C/C=C\C/C=C\C/C=C\CCCCCC(=O)OCC(COC(=O)CCC/C=C\C/C=C\C/C=C\CC)OC(=O)CCCCCCCCC/C=C\CCCCCC. The van der Waals surface area contributed by atoms with Gasteiger partial charge in [-0.3, -0.25) is 14.4 Å². The summed E-state index contributed by atoms with van der Waals surface area (Å²) in [5, 5.41) is 0. The van der Waals surface area contributed by atoms with Gasteiger partial charge in [-0.1, -0.05) is 176 Å². The van der Waals surface area contributed by atoms with Crippen molar-refractivity contribution in [2.24, 2.45) is 0 Å². The summed E-state index contributed by atoms with van der Waals surface area (Å²) in [5.74, 6) is -1.01. The van der Waals surface area contributed by atoms with E-state index in [0.29, 0.717) is 19.3 Å². The minimum absolute atomic E-state index is 0.113. The van der Waals surface area contributed by atoms with Crippen LogP contribution >= 0.6 is 0 Å². The van der Waals surface area contributed by atoms with Crippen LogP contribution in [-0.2, 0) is 28.6 Å². The lowest BCUT2D eigenvalue weighted by Crippen LogP contribution is -2.30. The predicted octanol–water partition coefficient (Wildman–Crippen LogP) is 15.8. The smallest absolute Gasteiger partial charge is 0.306 e. The molecule has 6 nitrogen and oxygen atoms in total. The number of allylic oxidation sites excluding steroid dienone is 16. The first-order chi connectivity index (χ1) is 29.5. The highest BCUT2D eigenvalue weighted by molar-refractivity contribution is 5.71. The van der Waals surface area contributed by atoms with Crippen molar-refractivity contribution in [3.8, 4) is 0 Å². The summed E-state index contributed by atoms with van der Waals surface area (Å²) in [6.45, 7) is 6.29. The Bertz CT molecular complexity index is 1230. The summed E-state index contributed by atoms with van der Waals surface area (Å²) in [4.78, 5) is 37.8. The van der Waals surface area contributed by atoms with E-state index < -0.39 is 6.10 Å². The summed E-state index contributed by atoms with van der Waals surface area (Å²) < 4.78 is 16.7. The van der Waals surface area contributed by atoms with E-state index in [-0.39, 0.29) is 37.5 Å². The van der Waals surface area contributed by atoms with E-state index in [1.807, 2.05) is 0 Å². The molecule has 340 valence electrons. The lowest BCUT2D eigenvalue weighted by atomic mass is 10.1. The zero-order chi connectivity index (χ0) is 43.7. The van der Waals surface area contributed by atoms with E-state index in [4.69, 9.17) is 14.2 Å². The average molecular weight is 833 g/mol. The molecule has 0 aromatic carbocycles. The van der Waals surface area contributed by atoms with Gasteiger partial charge in [0.2, 0.25) is 0 Å². The van der Waals surface area contributed by atoms with Gasteiger partial charge in [0.05, 0.1) is 0 Å². The summed E-state index contributed by atoms with van der Waals surface area (Å²) in [6, 6.07) is 0. The maximum absolute atomic E-state index is 12.8. The number of hydrogen-bond acceptors (Lipinski definition) is 6. The number of ether oxygens (including phenoxy) is 3. The second-order valence-electron chi connectivity index (χ2n) is 15.6. The van der Waals surface area contributed by atoms with Gasteiger partial charge >= 0.3 is 17.9 Å². The van der Waals surface area contributed by atoms with Gasteiger partial charge in [-0.15, -0.1) is 0 Å². The molecule has 0 aromatic heterocycles. The second kappa shape index (κ2) is 48.0. The van der Waals surface area contributed by atoms with E-state index in [1.165, 1.54) is 64.2 Å². The van der Waals surface area contributed by atoms with Crippen molar-refractivity contribution in [1.29, 1.82) is 0 Å². The monoisotopic (exact) mass is 833 g/mol. The molecular formula is C54H88O6. The summed E-state index contributed by atoms with van der Waals surface area (Å²) >= 11 is 0. The largest absolute Gasteiger partial charge is 0.462 e. The molecule has 0 spiro atoms. The molecule has 6 heteroatoms. The van der Waals surface area contributed by atoms with Gasteiger partial charge in [0.25, 0.3) is 0 Å². The highest BCUT2D eigenvalue weighted by atomic mass is 16.6. The summed E-state index contributed by atoms with van der Waals surface area (Å²) in [5.41, 5.74) is 0. The number of hydrogen-bond donors (Lipinski definition) is 0. The maximum Gasteiger partial charge on any atom is 0.306 e. The highest BCUT2D eigenvalue weighted by Crippen LogP contribution is 2.13. The fraction of sp³-hybridized carbons (Fsp3) is 0.648. The third kappa shape index (κ3) is 45.4. The Labute approximate surface area is 368 Å². The van der Waals surface area contributed by atoms with E-state index in [2.05, 4.69) is 118 Å². The molecule has 0 aliphatic carbocycles. The van der Waals surface area contributed by atoms with Crippen molar-refractivity contribution < 1.29 is 28.6 Å². The average Bonchev–Trinajstić information content (AvgIpc) is 3.24. The van der Waals surface area contributed by atoms with Crippen LogP contribution in [0.5, 0.6) is 0 Å². The molecule has 0 saturated carbocycles. The Morgan fingerprint density at radius 2 is 0.667 bits per heavy atom. The third-order valence-electron chi connectivity index (χ3n) is 9.80. The molecule has 0 amide bonds. The van der Waals surface area contributed by atoms with Crippen LogP contribution in [0.2, 0.25) is 0 Å². The number of unbranched alkanes of at least 4 members (excludes halogenated alkanes) is 15. The van der Waals surface area contributed by atoms with Gasteiger partial charge in [0, 0.05) is 19.3 Å². The Balaban J connectivity index is 4.50. The molecule has 0 aliphatic heterocycles. The fourth-order valence-corrected chi connectivity index (χ4v) is 6.21. The van der Waals surface area contributed by atoms with Crippen molar-refractivity contribution in [2.75, 3.05) is 13.2 Å². The van der Waals surface area contributed by atoms with Crippen LogP contribution in [0.15, 0.2) is 97.2 Å². The van der Waals surface area contributed by atoms with E-state index >= 15 is 0 Å². The standard InChI is InChI=1S/C54H88O6/c1-4-7-10-13-16-19-22-24-26-28-29-32-35-38-41-44-47-53(56)59-50-51(49-58-52(55)46-43-40-37-34-31-21-18-15-12-9-6-3)60-54(57)48-45-42-39-36-33-30-27-25-23-20-17-14-11-8-5-2/h7,9-10,12,16,18-21,23-24,26,29,32,34,37,51H,4-6,8,11,13-15,17,22,25,27-28,30-31,33,35-36,38-50H2,1-3H3/b10-7-,12-9-,19-16-,21-18-,23-20-,26-24-,32-29-,37-34-. The normalized spacial score (nSPS) is 12.9. The number of rotatable bonds is 42. The molecule has 1 atom stereocenters. The predicted molar refractivity (Wildman–Crippen MR) is 256 cm³/mol. The second-order valence-corrected chi connectivity index (χ2v) is 15.6.